The van der Waals surface area contributed by atoms with Gasteiger partial charge in [0.2, 0.25) is 10.0 Å². The van der Waals surface area contributed by atoms with E-state index in [1.54, 1.807) is 4.31 Å². The van der Waals surface area contributed by atoms with E-state index in [0.29, 0.717) is 12.3 Å². The lowest BCUT2D eigenvalue weighted by Gasteiger charge is -2.32. The summed E-state index contributed by atoms with van der Waals surface area (Å²) in [5.41, 5.74) is 0. The van der Waals surface area contributed by atoms with Crippen LogP contribution in [-0.4, -0.2) is 44.2 Å². The van der Waals surface area contributed by atoms with Gasteiger partial charge >= 0.3 is 0 Å². The molecule has 1 N–H and O–H groups in total. The van der Waals surface area contributed by atoms with Crippen LogP contribution in [0.5, 0.6) is 0 Å². The first-order valence-electron chi connectivity index (χ1n) is 5.28. The van der Waals surface area contributed by atoms with Gasteiger partial charge in [0.25, 0.3) is 0 Å². The van der Waals surface area contributed by atoms with E-state index in [2.05, 4.69) is 5.32 Å². The minimum absolute atomic E-state index is 0.102. The summed E-state index contributed by atoms with van der Waals surface area (Å²) in [6, 6.07) is 0.102. The second kappa shape index (κ2) is 5.09. The van der Waals surface area contributed by atoms with Crippen molar-refractivity contribution in [2.75, 3.05) is 25.4 Å². The van der Waals surface area contributed by atoms with Crippen molar-refractivity contribution < 1.29 is 8.42 Å². The third kappa shape index (κ3) is 2.93. The van der Waals surface area contributed by atoms with E-state index in [1.165, 1.54) is 0 Å². The highest BCUT2D eigenvalue weighted by molar-refractivity contribution is 7.89. The van der Waals surface area contributed by atoms with Crippen molar-refractivity contribution in [3.63, 3.8) is 0 Å². The molecule has 0 aromatic rings. The summed E-state index contributed by atoms with van der Waals surface area (Å²) >= 11 is 0. The van der Waals surface area contributed by atoms with Gasteiger partial charge in [-0.05, 0) is 13.3 Å². The van der Waals surface area contributed by atoms with E-state index >= 15 is 0 Å². The van der Waals surface area contributed by atoms with Crippen LogP contribution in [0.4, 0.5) is 0 Å². The van der Waals surface area contributed by atoms with Crippen molar-refractivity contribution in [3.8, 4) is 0 Å². The molecule has 1 atom stereocenters. The van der Waals surface area contributed by atoms with Gasteiger partial charge in [-0.1, -0.05) is 13.3 Å². The maximum Gasteiger partial charge on any atom is 0.214 e. The molecule has 1 fully saturated rings. The first kappa shape index (κ1) is 11.9. The topological polar surface area (TPSA) is 49.4 Å². The molecule has 0 aromatic carbocycles. The van der Waals surface area contributed by atoms with Crippen LogP contribution in [0.25, 0.3) is 0 Å². The molecule has 1 saturated heterocycles. The summed E-state index contributed by atoms with van der Waals surface area (Å²) in [5, 5.41) is 3.19. The van der Waals surface area contributed by atoms with E-state index in [4.69, 9.17) is 0 Å². The minimum Gasteiger partial charge on any atom is -0.314 e. The van der Waals surface area contributed by atoms with E-state index in [9.17, 15) is 8.42 Å². The molecule has 5 heteroatoms. The molecule has 0 amide bonds. The molecule has 14 heavy (non-hydrogen) atoms. The highest BCUT2D eigenvalue weighted by atomic mass is 32.2. The van der Waals surface area contributed by atoms with Gasteiger partial charge in [0, 0.05) is 25.7 Å². The molecule has 0 aromatic heterocycles. The number of nitrogens with zero attached hydrogens (tertiary/aromatic N) is 1. The second-order valence-corrected chi connectivity index (χ2v) is 5.87. The number of hydrogen-bond acceptors (Lipinski definition) is 3. The molecule has 1 rings (SSSR count). The Kier molecular flexibility index (Phi) is 4.34. The van der Waals surface area contributed by atoms with E-state index in [1.807, 2.05) is 13.8 Å². The van der Waals surface area contributed by atoms with Crippen molar-refractivity contribution in [3.05, 3.63) is 0 Å². The Morgan fingerprint density at radius 1 is 1.50 bits per heavy atom. The molecule has 1 aliphatic heterocycles. The molecule has 84 valence electrons. The molecule has 0 spiro atoms. The second-order valence-electron chi connectivity index (χ2n) is 3.83. The molecular weight excluding hydrogens is 200 g/mol. The van der Waals surface area contributed by atoms with Crippen molar-refractivity contribution in [2.45, 2.75) is 32.7 Å². The molecule has 0 bridgehead atoms. The minimum atomic E-state index is -3.00. The van der Waals surface area contributed by atoms with Gasteiger partial charge in [0.05, 0.1) is 5.75 Å². The van der Waals surface area contributed by atoms with Crippen LogP contribution < -0.4 is 5.32 Å². The van der Waals surface area contributed by atoms with Gasteiger partial charge < -0.3 is 5.32 Å². The average molecular weight is 220 g/mol. The number of piperazine rings is 1. The molecule has 0 aliphatic carbocycles. The standard InChI is InChI=1S/C9H20N2O2S/c1-3-4-7-14(12,13)11-6-5-10-8-9(11)2/h9-10H,3-8H2,1-2H3. The van der Waals surface area contributed by atoms with Crippen LogP contribution in [-0.2, 0) is 10.0 Å². The van der Waals surface area contributed by atoms with Crippen LogP contribution in [0.2, 0.25) is 0 Å². The zero-order chi connectivity index (χ0) is 10.6. The van der Waals surface area contributed by atoms with Gasteiger partial charge in [-0.3, -0.25) is 0 Å². The maximum absolute atomic E-state index is 11.9. The first-order valence-corrected chi connectivity index (χ1v) is 6.89. The summed E-state index contributed by atoms with van der Waals surface area (Å²) < 4.78 is 25.3. The maximum atomic E-state index is 11.9. The summed E-state index contributed by atoms with van der Waals surface area (Å²) in [5.74, 6) is 0.299. The number of unbranched alkanes of at least 4 members (excludes halogenated alkanes) is 1. The Morgan fingerprint density at radius 2 is 2.21 bits per heavy atom. The number of hydrogen-bond donors (Lipinski definition) is 1. The predicted octanol–water partition coefficient (Wildman–Crippen LogP) is 0.410. The molecule has 0 radical (unpaired) electrons. The van der Waals surface area contributed by atoms with Crippen LogP contribution in [0.3, 0.4) is 0 Å². The van der Waals surface area contributed by atoms with Gasteiger partial charge in [0.1, 0.15) is 0 Å². The lowest BCUT2D eigenvalue weighted by molar-refractivity contribution is 0.283. The largest absolute Gasteiger partial charge is 0.314 e. The fourth-order valence-electron chi connectivity index (χ4n) is 1.68. The average Bonchev–Trinajstić information content (AvgIpc) is 2.15. The van der Waals surface area contributed by atoms with E-state index in [0.717, 1.165) is 25.9 Å². The Balaban J connectivity index is 2.60. The highest BCUT2D eigenvalue weighted by Crippen LogP contribution is 2.11. The summed E-state index contributed by atoms with van der Waals surface area (Å²) in [4.78, 5) is 0. The monoisotopic (exact) mass is 220 g/mol. The van der Waals surface area contributed by atoms with Crippen molar-refractivity contribution in [1.82, 2.24) is 9.62 Å². The van der Waals surface area contributed by atoms with Crippen molar-refractivity contribution in [1.29, 1.82) is 0 Å². The number of rotatable bonds is 4. The lowest BCUT2D eigenvalue weighted by Crippen LogP contribution is -2.52. The molecule has 1 aliphatic rings. The van der Waals surface area contributed by atoms with Crippen LogP contribution in [0.1, 0.15) is 26.7 Å². The van der Waals surface area contributed by atoms with Crippen molar-refractivity contribution >= 4 is 10.0 Å². The Morgan fingerprint density at radius 3 is 2.79 bits per heavy atom. The fourth-order valence-corrected chi connectivity index (χ4v) is 3.56. The molecule has 0 saturated carbocycles. The SMILES string of the molecule is CCCCS(=O)(=O)N1CCNCC1C. The predicted molar refractivity (Wildman–Crippen MR) is 57.7 cm³/mol. The van der Waals surface area contributed by atoms with Crippen LogP contribution >= 0.6 is 0 Å². The van der Waals surface area contributed by atoms with Gasteiger partial charge in [0.15, 0.2) is 0 Å². The third-order valence-corrected chi connectivity index (χ3v) is 4.62. The molecule has 1 heterocycles. The normalized spacial score (nSPS) is 25.1. The zero-order valence-electron chi connectivity index (χ0n) is 8.99. The molecule has 4 nitrogen and oxygen atoms in total. The first-order chi connectivity index (χ1) is 6.58. The summed E-state index contributed by atoms with van der Waals surface area (Å²) in [7, 11) is -3.00. The molecule has 1 unspecified atom stereocenters. The Bertz CT molecular complexity index is 264. The van der Waals surface area contributed by atoms with Gasteiger partial charge in [-0.15, -0.1) is 0 Å². The summed E-state index contributed by atoms with van der Waals surface area (Å²) in [6.07, 6.45) is 1.69. The van der Waals surface area contributed by atoms with Crippen LogP contribution in [0, 0.1) is 0 Å². The zero-order valence-corrected chi connectivity index (χ0v) is 9.81. The number of sulfonamides is 1. The summed E-state index contributed by atoms with van der Waals surface area (Å²) in [6.45, 7) is 6.13. The van der Waals surface area contributed by atoms with Gasteiger partial charge in [-0.25, -0.2) is 8.42 Å². The smallest absolute Gasteiger partial charge is 0.214 e. The Hall–Kier alpha value is -0.130. The fraction of sp³-hybridized carbons (Fsp3) is 1.00. The van der Waals surface area contributed by atoms with Crippen molar-refractivity contribution in [2.24, 2.45) is 0 Å². The van der Waals surface area contributed by atoms with Gasteiger partial charge in [-0.2, -0.15) is 4.31 Å². The third-order valence-electron chi connectivity index (χ3n) is 2.55. The highest BCUT2D eigenvalue weighted by Gasteiger charge is 2.28. The van der Waals surface area contributed by atoms with E-state index in [-0.39, 0.29) is 6.04 Å². The lowest BCUT2D eigenvalue weighted by atomic mass is 10.3. The molecular formula is C9H20N2O2S. The van der Waals surface area contributed by atoms with Crippen LogP contribution in [0.15, 0.2) is 0 Å². The quantitative estimate of drug-likeness (QED) is 0.746. The number of nitrogens with one attached hydrogen (secondary N) is 1. The Labute approximate surface area is 86.7 Å². The van der Waals surface area contributed by atoms with E-state index < -0.39 is 10.0 Å².